The summed E-state index contributed by atoms with van der Waals surface area (Å²) in [5.41, 5.74) is -3.15. The maximum absolute atomic E-state index is 10.7. The molecule has 9 nitrogen and oxygen atoms in total. The van der Waals surface area contributed by atoms with Gasteiger partial charge in [0.1, 0.15) is 5.56 Å². The number of carbonyl (C=O) groups excluding carboxylic acids is 1. The van der Waals surface area contributed by atoms with E-state index < -0.39 is 38.3 Å². The van der Waals surface area contributed by atoms with Crippen LogP contribution in [0.25, 0.3) is 0 Å². The van der Waals surface area contributed by atoms with Crippen LogP contribution in [0.2, 0.25) is 0 Å². The first-order valence-electron chi connectivity index (χ1n) is 4.03. The van der Waals surface area contributed by atoms with Crippen molar-refractivity contribution in [3.8, 4) is 0 Å². The fourth-order valence-corrected chi connectivity index (χ4v) is 1.18. The molecule has 0 saturated heterocycles. The molecule has 88 valence electrons. The number of hydrogen-bond acceptors (Lipinski definition) is 6. The molecule has 0 saturated carbocycles. The number of aldehydes is 1. The number of nitro groups is 2. The van der Waals surface area contributed by atoms with Gasteiger partial charge in [-0.05, 0) is 0 Å². The second kappa shape index (κ2) is 4.35. The normalized spacial score (nSPS) is 9.65. The molecular formula is C8H4N2O7. The second-order valence-corrected chi connectivity index (χ2v) is 2.86. The Morgan fingerprint density at radius 3 is 2.18 bits per heavy atom. The van der Waals surface area contributed by atoms with Gasteiger partial charge in [0.25, 0.3) is 11.4 Å². The Balaban J connectivity index is 3.68. The van der Waals surface area contributed by atoms with Crippen LogP contribution >= 0.6 is 0 Å². The van der Waals surface area contributed by atoms with Gasteiger partial charge in [0.05, 0.1) is 21.5 Å². The molecule has 0 bridgehead atoms. The number of carboxylic acids is 1. The number of carbonyl (C=O) groups is 2. The third-order valence-corrected chi connectivity index (χ3v) is 1.90. The van der Waals surface area contributed by atoms with E-state index in [1.807, 2.05) is 0 Å². The van der Waals surface area contributed by atoms with E-state index in [9.17, 15) is 29.8 Å². The lowest BCUT2D eigenvalue weighted by Gasteiger charge is -2.01. The predicted molar refractivity (Wildman–Crippen MR) is 52.1 cm³/mol. The lowest BCUT2D eigenvalue weighted by Crippen LogP contribution is -2.07. The molecule has 17 heavy (non-hydrogen) atoms. The van der Waals surface area contributed by atoms with Gasteiger partial charge in [0.15, 0.2) is 6.29 Å². The van der Waals surface area contributed by atoms with Gasteiger partial charge in [-0.15, -0.1) is 0 Å². The SMILES string of the molecule is O=Cc1c(C(=O)O)cc([N+](=O)[O-])cc1[N+](=O)[O-]. The Kier molecular flexibility index (Phi) is 3.13. The summed E-state index contributed by atoms with van der Waals surface area (Å²) in [7, 11) is 0. The minimum absolute atomic E-state index is 0.0225. The first-order chi connectivity index (χ1) is 7.88. The standard InChI is InChI=1S/C8H4N2O7/c11-3-6-5(8(12)13)1-4(9(14)15)2-7(6)10(16)17/h1-3H,(H,12,13). The zero-order chi connectivity index (χ0) is 13.2. The molecule has 0 amide bonds. The summed E-state index contributed by atoms with van der Waals surface area (Å²) in [6.07, 6.45) is -0.0225. The molecule has 0 atom stereocenters. The number of aromatic carboxylic acids is 1. The van der Waals surface area contributed by atoms with Gasteiger partial charge in [-0.2, -0.15) is 0 Å². The van der Waals surface area contributed by atoms with E-state index in [0.29, 0.717) is 12.1 Å². The van der Waals surface area contributed by atoms with Crippen LogP contribution in [-0.4, -0.2) is 27.2 Å². The van der Waals surface area contributed by atoms with Crippen LogP contribution in [-0.2, 0) is 0 Å². The Bertz CT molecular complexity index is 502. The van der Waals surface area contributed by atoms with Crippen molar-refractivity contribution < 1.29 is 24.5 Å². The number of rotatable bonds is 4. The molecule has 1 aromatic rings. The minimum atomic E-state index is -1.65. The molecule has 9 heteroatoms. The third kappa shape index (κ3) is 2.22. The number of benzene rings is 1. The quantitative estimate of drug-likeness (QED) is 0.470. The highest BCUT2D eigenvalue weighted by Gasteiger charge is 2.26. The average molecular weight is 240 g/mol. The largest absolute Gasteiger partial charge is 0.478 e. The molecule has 1 rings (SSSR count). The van der Waals surface area contributed by atoms with Crippen molar-refractivity contribution in [1.29, 1.82) is 0 Å². The van der Waals surface area contributed by atoms with Crippen molar-refractivity contribution in [2.45, 2.75) is 0 Å². The molecule has 0 aliphatic heterocycles. The summed E-state index contributed by atoms with van der Waals surface area (Å²) < 4.78 is 0. The van der Waals surface area contributed by atoms with Gasteiger partial charge in [0.2, 0.25) is 0 Å². The predicted octanol–water partition coefficient (Wildman–Crippen LogP) is 1.01. The van der Waals surface area contributed by atoms with Gasteiger partial charge < -0.3 is 5.11 Å². The molecule has 0 aliphatic carbocycles. The highest BCUT2D eigenvalue weighted by atomic mass is 16.6. The summed E-state index contributed by atoms with van der Waals surface area (Å²) in [6, 6.07) is 1.13. The Hall–Kier alpha value is -2.84. The average Bonchev–Trinajstić information content (AvgIpc) is 2.26. The van der Waals surface area contributed by atoms with Crippen molar-refractivity contribution in [3.63, 3.8) is 0 Å². The van der Waals surface area contributed by atoms with E-state index in [4.69, 9.17) is 5.11 Å². The van der Waals surface area contributed by atoms with Gasteiger partial charge in [0, 0.05) is 6.07 Å². The highest BCUT2D eigenvalue weighted by Crippen LogP contribution is 2.27. The van der Waals surface area contributed by atoms with Gasteiger partial charge in [-0.25, -0.2) is 4.79 Å². The fraction of sp³-hybridized carbons (Fsp3) is 0. The molecule has 0 fully saturated rings. The van der Waals surface area contributed by atoms with E-state index in [1.54, 1.807) is 0 Å². The second-order valence-electron chi connectivity index (χ2n) is 2.86. The van der Waals surface area contributed by atoms with Crippen molar-refractivity contribution >= 4 is 23.6 Å². The molecule has 0 unspecified atom stereocenters. The van der Waals surface area contributed by atoms with Crippen LogP contribution in [0.15, 0.2) is 12.1 Å². The van der Waals surface area contributed by atoms with Crippen LogP contribution in [0.1, 0.15) is 20.7 Å². The Morgan fingerprint density at radius 2 is 1.82 bits per heavy atom. The third-order valence-electron chi connectivity index (χ3n) is 1.90. The monoisotopic (exact) mass is 240 g/mol. The zero-order valence-electron chi connectivity index (χ0n) is 8.02. The molecule has 0 aliphatic rings. The van der Waals surface area contributed by atoms with Crippen molar-refractivity contribution in [1.82, 2.24) is 0 Å². The molecule has 1 aromatic carbocycles. The number of nitro benzene ring substituents is 2. The van der Waals surface area contributed by atoms with E-state index in [2.05, 4.69) is 0 Å². The van der Waals surface area contributed by atoms with Crippen LogP contribution < -0.4 is 0 Å². The topological polar surface area (TPSA) is 141 Å². The van der Waals surface area contributed by atoms with Crippen LogP contribution in [0.5, 0.6) is 0 Å². The van der Waals surface area contributed by atoms with E-state index in [1.165, 1.54) is 0 Å². The molecule has 0 heterocycles. The van der Waals surface area contributed by atoms with Gasteiger partial charge in [-0.1, -0.05) is 0 Å². The van der Waals surface area contributed by atoms with Gasteiger partial charge >= 0.3 is 5.97 Å². The lowest BCUT2D eigenvalue weighted by molar-refractivity contribution is -0.394. The minimum Gasteiger partial charge on any atom is -0.478 e. The van der Waals surface area contributed by atoms with E-state index >= 15 is 0 Å². The summed E-state index contributed by atoms with van der Waals surface area (Å²) in [4.78, 5) is 40.3. The molecule has 0 radical (unpaired) electrons. The summed E-state index contributed by atoms with van der Waals surface area (Å²) in [6.45, 7) is 0. The lowest BCUT2D eigenvalue weighted by atomic mass is 10.1. The number of carboxylic acid groups (broad SMARTS) is 1. The smallest absolute Gasteiger partial charge is 0.336 e. The number of nitrogens with zero attached hydrogens (tertiary/aromatic N) is 2. The maximum Gasteiger partial charge on any atom is 0.336 e. The first-order valence-corrected chi connectivity index (χ1v) is 4.03. The van der Waals surface area contributed by atoms with E-state index in [-0.39, 0.29) is 6.29 Å². The molecule has 0 spiro atoms. The van der Waals surface area contributed by atoms with Crippen LogP contribution in [0, 0.1) is 20.2 Å². The van der Waals surface area contributed by atoms with Crippen molar-refractivity contribution in [2.75, 3.05) is 0 Å². The number of hydrogen-bond donors (Lipinski definition) is 1. The Morgan fingerprint density at radius 1 is 1.24 bits per heavy atom. The Labute approximate surface area is 92.6 Å². The van der Waals surface area contributed by atoms with Crippen molar-refractivity contribution in [3.05, 3.63) is 43.5 Å². The number of non-ortho nitro benzene ring substituents is 1. The first kappa shape index (κ1) is 12.2. The highest BCUT2D eigenvalue weighted by molar-refractivity contribution is 6.00. The summed E-state index contributed by atoms with van der Waals surface area (Å²) in [5, 5.41) is 29.7. The summed E-state index contributed by atoms with van der Waals surface area (Å²) in [5.74, 6) is -1.65. The molecule has 0 aromatic heterocycles. The summed E-state index contributed by atoms with van der Waals surface area (Å²) >= 11 is 0. The van der Waals surface area contributed by atoms with Crippen LogP contribution in [0.4, 0.5) is 11.4 Å². The fourth-order valence-electron chi connectivity index (χ4n) is 1.18. The molecule has 1 N–H and O–H groups in total. The van der Waals surface area contributed by atoms with Crippen molar-refractivity contribution in [2.24, 2.45) is 0 Å². The maximum atomic E-state index is 10.7. The van der Waals surface area contributed by atoms with Gasteiger partial charge in [-0.3, -0.25) is 25.0 Å². The van der Waals surface area contributed by atoms with E-state index in [0.717, 1.165) is 0 Å². The van der Waals surface area contributed by atoms with Crippen LogP contribution in [0.3, 0.4) is 0 Å². The molecular weight excluding hydrogens is 236 g/mol. The zero-order valence-corrected chi connectivity index (χ0v) is 8.02.